The number of hydrogen-bond donors (Lipinski definition) is 2. The molecular formula is C15H17N7O. The second kappa shape index (κ2) is 5.81. The molecule has 1 aliphatic rings. The van der Waals surface area contributed by atoms with Crippen LogP contribution >= 0.6 is 0 Å². The molecule has 1 saturated heterocycles. The molecule has 8 heteroatoms. The smallest absolute Gasteiger partial charge is 0.227 e. The number of carbonyl (C=O) groups excluding carboxylic acids is 1. The summed E-state index contributed by atoms with van der Waals surface area (Å²) in [5, 5.41) is 15.5. The largest absolute Gasteiger partial charge is 0.332 e. The van der Waals surface area contributed by atoms with E-state index in [1.165, 1.54) is 0 Å². The van der Waals surface area contributed by atoms with Gasteiger partial charge in [-0.2, -0.15) is 9.90 Å². The van der Waals surface area contributed by atoms with E-state index in [0.29, 0.717) is 18.8 Å². The number of carbonyl (C=O) groups is 1. The quantitative estimate of drug-likeness (QED) is 0.727. The molecule has 4 rings (SSSR count). The summed E-state index contributed by atoms with van der Waals surface area (Å²) >= 11 is 0. The molecule has 1 amide bonds. The minimum Gasteiger partial charge on any atom is -0.332 e. The van der Waals surface area contributed by atoms with Crippen molar-refractivity contribution in [3.05, 3.63) is 36.8 Å². The Morgan fingerprint density at radius 1 is 1.39 bits per heavy atom. The number of anilines is 1. The third kappa shape index (κ3) is 2.80. The van der Waals surface area contributed by atoms with Crippen molar-refractivity contribution in [3.8, 4) is 0 Å². The molecule has 0 aromatic carbocycles. The third-order valence-electron chi connectivity index (χ3n) is 3.97. The van der Waals surface area contributed by atoms with Crippen LogP contribution in [0.3, 0.4) is 0 Å². The first-order valence-electron chi connectivity index (χ1n) is 7.62. The van der Waals surface area contributed by atoms with Crippen molar-refractivity contribution >= 4 is 22.8 Å². The summed E-state index contributed by atoms with van der Waals surface area (Å²) in [6.45, 7) is 2.32. The second-order valence-corrected chi connectivity index (χ2v) is 5.59. The van der Waals surface area contributed by atoms with Crippen LogP contribution < -0.4 is 10.6 Å². The van der Waals surface area contributed by atoms with Gasteiger partial charge in [0.15, 0.2) is 5.82 Å². The highest BCUT2D eigenvalue weighted by Crippen LogP contribution is 2.13. The van der Waals surface area contributed by atoms with Crippen LogP contribution in [-0.2, 0) is 11.3 Å². The number of rotatable bonds is 5. The molecule has 0 radical (unpaired) electrons. The normalized spacial score (nSPS) is 14.8. The number of aromatic nitrogens is 5. The van der Waals surface area contributed by atoms with Crippen molar-refractivity contribution in [2.75, 3.05) is 18.4 Å². The van der Waals surface area contributed by atoms with Crippen LogP contribution in [0.4, 0.5) is 5.82 Å². The molecule has 4 heterocycles. The molecule has 0 bridgehead atoms. The Morgan fingerprint density at radius 3 is 3.13 bits per heavy atom. The van der Waals surface area contributed by atoms with E-state index >= 15 is 0 Å². The van der Waals surface area contributed by atoms with Crippen LogP contribution in [0.5, 0.6) is 0 Å². The summed E-state index contributed by atoms with van der Waals surface area (Å²) < 4.78 is 1.98. The van der Waals surface area contributed by atoms with Crippen molar-refractivity contribution < 1.29 is 4.79 Å². The molecule has 0 atom stereocenters. The topological polar surface area (TPSA) is 89.7 Å². The maximum Gasteiger partial charge on any atom is 0.227 e. The van der Waals surface area contributed by atoms with Gasteiger partial charge in [-0.25, -0.2) is 4.98 Å². The Morgan fingerprint density at radius 2 is 2.30 bits per heavy atom. The zero-order valence-corrected chi connectivity index (χ0v) is 12.5. The molecule has 0 unspecified atom stereocenters. The van der Waals surface area contributed by atoms with Gasteiger partial charge in [0.1, 0.15) is 5.65 Å². The molecular weight excluding hydrogens is 294 g/mol. The summed E-state index contributed by atoms with van der Waals surface area (Å²) in [4.78, 5) is 18.1. The third-order valence-corrected chi connectivity index (χ3v) is 3.97. The fourth-order valence-corrected chi connectivity index (χ4v) is 2.57. The Balaban J connectivity index is 1.35. The van der Waals surface area contributed by atoms with Gasteiger partial charge in [0.2, 0.25) is 5.91 Å². The van der Waals surface area contributed by atoms with Crippen LogP contribution in [-0.4, -0.2) is 43.5 Å². The van der Waals surface area contributed by atoms with E-state index in [9.17, 15) is 4.79 Å². The van der Waals surface area contributed by atoms with Crippen molar-refractivity contribution in [2.45, 2.75) is 19.0 Å². The highest BCUT2D eigenvalue weighted by atomic mass is 16.1. The average Bonchev–Trinajstić information content (AvgIpc) is 3.11. The SMILES string of the molecule is O=C(CCn1ccc2cccnc21)Nc1cnn(C2CNC2)n1. The van der Waals surface area contributed by atoms with Gasteiger partial charge in [-0.15, -0.1) is 5.10 Å². The van der Waals surface area contributed by atoms with Gasteiger partial charge >= 0.3 is 0 Å². The molecule has 8 nitrogen and oxygen atoms in total. The van der Waals surface area contributed by atoms with E-state index in [1.807, 2.05) is 29.0 Å². The Hall–Kier alpha value is -2.74. The molecule has 3 aromatic heterocycles. The predicted octanol–water partition coefficient (Wildman–Crippen LogP) is 0.801. The van der Waals surface area contributed by atoms with Crippen LogP contribution in [0.15, 0.2) is 36.8 Å². The summed E-state index contributed by atoms with van der Waals surface area (Å²) in [6.07, 6.45) is 5.65. The highest BCUT2D eigenvalue weighted by molar-refractivity contribution is 5.89. The average molecular weight is 311 g/mol. The first-order chi connectivity index (χ1) is 11.3. The molecule has 1 aliphatic heterocycles. The number of fused-ring (bicyclic) bond motifs is 1. The van der Waals surface area contributed by atoms with Crippen molar-refractivity contribution in [1.29, 1.82) is 0 Å². The predicted molar refractivity (Wildman–Crippen MR) is 84.9 cm³/mol. The molecule has 23 heavy (non-hydrogen) atoms. The lowest BCUT2D eigenvalue weighted by Crippen LogP contribution is -2.44. The number of hydrogen-bond acceptors (Lipinski definition) is 5. The molecule has 0 spiro atoms. The number of pyridine rings is 1. The molecule has 3 aromatic rings. The summed E-state index contributed by atoms with van der Waals surface area (Å²) in [6, 6.07) is 6.20. The van der Waals surface area contributed by atoms with Gasteiger partial charge in [0.05, 0.1) is 12.2 Å². The van der Waals surface area contributed by atoms with E-state index in [2.05, 4.69) is 25.8 Å². The first-order valence-corrected chi connectivity index (χ1v) is 7.62. The molecule has 0 saturated carbocycles. The number of nitrogens with one attached hydrogen (secondary N) is 2. The fourth-order valence-electron chi connectivity index (χ4n) is 2.57. The highest BCUT2D eigenvalue weighted by Gasteiger charge is 2.21. The van der Waals surface area contributed by atoms with E-state index in [0.717, 1.165) is 24.1 Å². The molecule has 0 aliphatic carbocycles. The Kier molecular flexibility index (Phi) is 3.51. The van der Waals surface area contributed by atoms with Gasteiger partial charge < -0.3 is 15.2 Å². The van der Waals surface area contributed by atoms with Gasteiger partial charge in [-0.05, 0) is 18.2 Å². The number of amides is 1. The Labute approximate surface area is 132 Å². The van der Waals surface area contributed by atoms with Crippen LogP contribution in [0.1, 0.15) is 12.5 Å². The summed E-state index contributed by atoms with van der Waals surface area (Å²) in [5.41, 5.74) is 0.892. The van der Waals surface area contributed by atoms with E-state index in [4.69, 9.17) is 0 Å². The lowest BCUT2D eigenvalue weighted by Gasteiger charge is -2.25. The standard InChI is InChI=1S/C15H17N7O/c23-14(19-13-10-18-22(20-13)12-8-16-9-12)4-7-21-6-3-11-2-1-5-17-15(11)21/h1-3,5-6,10,12,16H,4,7-9H2,(H,19,20,23). The van der Waals surface area contributed by atoms with E-state index in [-0.39, 0.29) is 11.9 Å². The molecule has 2 N–H and O–H groups in total. The lowest BCUT2D eigenvalue weighted by molar-refractivity contribution is -0.116. The zero-order valence-electron chi connectivity index (χ0n) is 12.5. The maximum atomic E-state index is 12.1. The minimum absolute atomic E-state index is 0.0819. The van der Waals surface area contributed by atoms with Gasteiger partial charge in [0.25, 0.3) is 0 Å². The van der Waals surface area contributed by atoms with Gasteiger partial charge in [0, 0.05) is 43.8 Å². The first kappa shape index (κ1) is 13.9. The summed E-state index contributed by atoms with van der Waals surface area (Å²) in [7, 11) is 0. The zero-order chi connectivity index (χ0) is 15.6. The van der Waals surface area contributed by atoms with Crippen LogP contribution in [0, 0.1) is 0 Å². The van der Waals surface area contributed by atoms with Gasteiger partial charge in [-0.1, -0.05) is 0 Å². The lowest BCUT2D eigenvalue weighted by atomic mass is 10.2. The maximum absolute atomic E-state index is 12.1. The molecule has 1 fully saturated rings. The number of nitrogens with zero attached hydrogens (tertiary/aromatic N) is 5. The minimum atomic E-state index is -0.0819. The van der Waals surface area contributed by atoms with Crippen molar-refractivity contribution in [2.24, 2.45) is 0 Å². The van der Waals surface area contributed by atoms with Crippen molar-refractivity contribution in [1.82, 2.24) is 29.9 Å². The number of aryl methyl sites for hydroxylation is 1. The van der Waals surface area contributed by atoms with Crippen LogP contribution in [0.25, 0.3) is 11.0 Å². The van der Waals surface area contributed by atoms with Gasteiger partial charge in [-0.3, -0.25) is 4.79 Å². The second-order valence-electron chi connectivity index (χ2n) is 5.59. The van der Waals surface area contributed by atoms with Crippen LogP contribution in [0.2, 0.25) is 0 Å². The van der Waals surface area contributed by atoms with E-state index < -0.39 is 0 Å². The summed E-state index contributed by atoms with van der Waals surface area (Å²) in [5.74, 6) is 0.416. The molecule has 118 valence electrons. The van der Waals surface area contributed by atoms with Crippen molar-refractivity contribution in [3.63, 3.8) is 0 Å². The Bertz CT molecular complexity index is 833. The van der Waals surface area contributed by atoms with E-state index in [1.54, 1.807) is 17.2 Å². The fraction of sp³-hybridized carbons (Fsp3) is 0.333. The monoisotopic (exact) mass is 311 g/mol.